The molecule has 1 aliphatic rings. The van der Waals surface area contributed by atoms with Gasteiger partial charge < -0.3 is 14.8 Å². The maximum atomic E-state index is 10.4. The van der Waals surface area contributed by atoms with Crippen molar-refractivity contribution in [3.8, 4) is 0 Å². The number of benzene rings is 1. The van der Waals surface area contributed by atoms with Gasteiger partial charge in [-0.2, -0.15) is 0 Å². The van der Waals surface area contributed by atoms with Gasteiger partial charge >= 0.3 is 0 Å². The van der Waals surface area contributed by atoms with Crippen LogP contribution in [0.1, 0.15) is 45.5 Å². The fraction of sp³-hybridized carbons (Fsp3) is 0.562. The van der Waals surface area contributed by atoms with Crippen LogP contribution in [0.2, 0.25) is 5.02 Å². The molecule has 120 valence electrons. The number of aliphatic hydroxyl groups is 1. The minimum atomic E-state index is -0.927. The van der Waals surface area contributed by atoms with E-state index in [1.54, 1.807) is 0 Å². The van der Waals surface area contributed by atoms with E-state index in [2.05, 4.69) is 9.97 Å². The van der Waals surface area contributed by atoms with Gasteiger partial charge in [-0.3, -0.25) is 0 Å². The number of fused-ring (bicyclic) bond motifs is 1. The summed E-state index contributed by atoms with van der Waals surface area (Å²) in [4.78, 5) is 9.91. The van der Waals surface area contributed by atoms with E-state index in [9.17, 15) is 5.11 Å². The molecular weight excluding hydrogens is 302 g/mol. The van der Waals surface area contributed by atoms with Crippen molar-refractivity contribution in [3.05, 3.63) is 29.0 Å². The van der Waals surface area contributed by atoms with E-state index >= 15 is 0 Å². The lowest BCUT2D eigenvalue weighted by Crippen LogP contribution is -2.41. The van der Waals surface area contributed by atoms with Crippen molar-refractivity contribution in [2.24, 2.45) is 0 Å². The first kappa shape index (κ1) is 15.7. The molecule has 0 aliphatic carbocycles. The molecule has 1 aromatic heterocycles. The van der Waals surface area contributed by atoms with Gasteiger partial charge in [0, 0.05) is 11.6 Å². The highest BCUT2D eigenvalue weighted by Crippen LogP contribution is 2.34. The monoisotopic (exact) mass is 323 g/mol. The quantitative estimate of drug-likeness (QED) is 0.849. The van der Waals surface area contributed by atoms with Crippen molar-refractivity contribution < 1.29 is 9.84 Å². The summed E-state index contributed by atoms with van der Waals surface area (Å²) in [5.41, 5.74) is 1.41. The maximum absolute atomic E-state index is 10.4. The second kappa shape index (κ2) is 5.81. The molecular formula is C16H22ClN3O2. The molecule has 1 aromatic carbocycles. The van der Waals surface area contributed by atoms with Crippen LogP contribution in [-0.4, -0.2) is 38.5 Å². The molecule has 2 N–H and O–H groups in total. The first-order valence-corrected chi connectivity index (χ1v) is 7.98. The Hall–Kier alpha value is -1.14. The number of likely N-dealkylation sites (tertiary alicyclic amines) is 1. The summed E-state index contributed by atoms with van der Waals surface area (Å²) in [5.74, 6) is 0.853. The van der Waals surface area contributed by atoms with E-state index in [1.807, 2.05) is 43.9 Å². The van der Waals surface area contributed by atoms with Crippen molar-refractivity contribution in [2.45, 2.75) is 51.7 Å². The van der Waals surface area contributed by atoms with Crippen molar-refractivity contribution in [2.75, 3.05) is 6.54 Å². The van der Waals surface area contributed by atoms with Gasteiger partial charge in [0.15, 0.2) is 0 Å². The number of nitrogens with one attached hydrogen (secondary N) is 1. The number of hydrogen-bond donors (Lipinski definition) is 2. The highest BCUT2D eigenvalue weighted by atomic mass is 35.5. The number of aliphatic hydroxyl groups excluding tert-OH is 1. The number of aromatic nitrogens is 2. The van der Waals surface area contributed by atoms with Crippen LogP contribution < -0.4 is 0 Å². The second-order valence-electron chi connectivity index (χ2n) is 6.74. The van der Waals surface area contributed by atoms with Crippen molar-refractivity contribution >= 4 is 22.6 Å². The van der Waals surface area contributed by atoms with Crippen LogP contribution in [0.3, 0.4) is 0 Å². The van der Waals surface area contributed by atoms with Crippen LogP contribution in [0.15, 0.2) is 18.2 Å². The predicted molar refractivity (Wildman–Crippen MR) is 86.6 cm³/mol. The summed E-state index contributed by atoms with van der Waals surface area (Å²) in [7, 11) is 0. The number of nitrogens with zero attached hydrogens (tertiary/aromatic N) is 2. The molecule has 2 heterocycles. The molecule has 1 fully saturated rings. The fourth-order valence-corrected chi connectivity index (χ4v) is 3.06. The molecule has 0 radical (unpaired) electrons. The lowest BCUT2D eigenvalue weighted by molar-refractivity contribution is -0.243. The van der Waals surface area contributed by atoms with Gasteiger partial charge in [-0.05, 0) is 51.8 Å². The van der Waals surface area contributed by atoms with Gasteiger partial charge in [0.2, 0.25) is 6.41 Å². The average Bonchev–Trinajstić information content (AvgIpc) is 3.01. The fourth-order valence-electron chi connectivity index (χ4n) is 2.89. The molecule has 2 aromatic rings. The summed E-state index contributed by atoms with van der Waals surface area (Å²) >= 11 is 6.02. The lowest BCUT2D eigenvalue weighted by atomic mass is 10.2. The minimum Gasteiger partial charge on any atom is -0.356 e. The molecule has 22 heavy (non-hydrogen) atoms. The van der Waals surface area contributed by atoms with E-state index in [0.29, 0.717) is 5.02 Å². The number of hydrogen-bond acceptors (Lipinski definition) is 4. The highest BCUT2D eigenvalue weighted by Gasteiger charge is 2.35. The zero-order chi connectivity index (χ0) is 15.9. The standard InChI is InChI=1S/C16H22ClN3O2/c1-16(2,3)22-15(21)20-8-4-5-13(20)14-18-11-7-6-10(17)9-12(11)19-14/h6-7,9,13,15,21H,4-5,8H2,1-3H3,(H,18,19)/t13-,15?/m0/s1. The smallest absolute Gasteiger partial charge is 0.217 e. The van der Waals surface area contributed by atoms with Crippen molar-refractivity contribution in [3.63, 3.8) is 0 Å². The molecule has 0 bridgehead atoms. The zero-order valence-corrected chi connectivity index (χ0v) is 13.9. The summed E-state index contributed by atoms with van der Waals surface area (Å²) in [6.45, 7) is 6.60. The summed E-state index contributed by atoms with van der Waals surface area (Å²) in [5, 5.41) is 11.1. The van der Waals surface area contributed by atoms with E-state index in [1.165, 1.54) is 0 Å². The van der Waals surface area contributed by atoms with Gasteiger partial charge in [0.1, 0.15) is 5.82 Å². The Morgan fingerprint density at radius 1 is 1.45 bits per heavy atom. The molecule has 3 rings (SSSR count). The Bertz CT molecular complexity index is 665. The predicted octanol–water partition coefficient (Wildman–Crippen LogP) is 3.44. The molecule has 1 unspecified atom stereocenters. The van der Waals surface area contributed by atoms with Crippen LogP contribution in [0.4, 0.5) is 0 Å². The molecule has 2 atom stereocenters. The highest BCUT2D eigenvalue weighted by molar-refractivity contribution is 6.31. The van der Waals surface area contributed by atoms with Gasteiger partial charge in [0.05, 0.1) is 22.7 Å². The number of ether oxygens (including phenoxy) is 1. The average molecular weight is 324 g/mol. The van der Waals surface area contributed by atoms with Crippen LogP contribution in [0.25, 0.3) is 11.0 Å². The number of rotatable bonds is 3. The van der Waals surface area contributed by atoms with Gasteiger partial charge in [-0.1, -0.05) is 11.6 Å². The van der Waals surface area contributed by atoms with E-state index < -0.39 is 12.0 Å². The number of imidazole rings is 1. The normalized spacial score (nSPS) is 21.6. The lowest BCUT2D eigenvalue weighted by Gasteiger charge is -2.32. The van der Waals surface area contributed by atoms with Gasteiger partial charge in [-0.15, -0.1) is 0 Å². The van der Waals surface area contributed by atoms with E-state index in [0.717, 1.165) is 36.2 Å². The van der Waals surface area contributed by atoms with Crippen LogP contribution in [0, 0.1) is 0 Å². The molecule has 0 spiro atoms. The van der Waals surface area contributed by atoms with Crippen LogP contribution >= 0.6 is 11.6 Å². The molecule has 1 saturated heterocycles. The van der Waals surface area contributed by atoms with Crippen LogP contribution in [-0.2, 0) is 4.74 Å². The topological polar surface area (TPSA) is 61.4 Å². The molecule has 0 amide bonds. The molecule has 0 saturated carbocycles. The first-order valence-electron chi connectivity index (χ1n) is 7.60. The Morgan fingerprint density at radius 3 is 2.95 bits per heavy atom. The number of aromatic amines is 1. The molecule has 6 heteroatoms. The zero-order valence-electron chi connectivity index (χ0n) is 13.1. The first-order chi connectivity index (χ1) is 10.3. The SMILES string of the molecule is CC(C)(C)OC(O)N1CCC[C@H]1c1nc2ccc(Cl)cc2[nH]1. The maximum Gasteiger partial charge on any atom is 0.217 e. The van der Waals surface area contributed by atoms with Crippen molar-refractivity contribution in [1.29, 1.82) is 0 Å². The Labute approximate surface area is 135 Å². The second-order valence-corrected chi connectivity index (χ2v) is 7.17. The Balaban J connectivity index is 1.85. The third-order valence-electron chi connectivity index (χ3n) is 3.81. The van der Waals surface area contributed by atoms with E-state index in [-0.39, 0.29) is 6.04 Å². The number of H-pyrrole nitrogens is 1. The third kappa shape index (κ3) is 3.27. The Kier molecular flexibility index (Phi) is 4.16. The van der Waals surface area contributed by atoms with E-state index in [4.69, 9.17) is 16.3 Å². The number of halogens is 1. The van der Waals surface area contributed by atoms with Crippen LogP contribution in [0.5, 0.6) is 0 Å². The largest absolute Gasteiger partial charge is 0.356 e. The summed E-state index contributed by atoms with van der Waals surface area (Å²) in [6, 6.07) is 5.63. The van der Waals surface area contributed by atoms with Gasteiger partial charge in [0.25, 0.3) is 0 Å². The summed E-state index contributed by atoms with van der Waals surface area (Å²) in [6.07, 6.45) is 1.02. The summed E-state index contributed by atoms with van der Waals surface area (Å²) < 4.78 is 5.69. The van der Waals surface area contributed by atoms with Gasteiger partial charge in [-0.25, -0.2) is 9.88 Å². The molecule has 5 nitrogen and oxygen atoms in total. The third-order valence-corrected chi connectivity index (χ3v) is 4.05. The minimum absolute atomic E-state index is 0.0310. The Morgan fingerprint density at radius 2 is 2.23 bits per heavy atom. The molecule has 1 aliphatic heterocycles. The van der Waals surface area contributed by atoms with Crippen molar-refractivity contribution in [1.82, 2.24) is 14.9 Å².